The molecule has 0 bridgehead atoms. The lowest BCUT2D eigenvalue weighted by Crippen LogP contribution is -2.25. The highest BCUT2D eigenvalue weighted by Gasteiger charge is 2.33. The van der Waals surface area contributed by atoms with E-state index >= 15 is 0 Å². The fourth-order valence-corrected chi connectivity index (χ4v) is 3.90. The second-order valence-electron chi connectivity index (χ2n) is 3.89. The minimum atomic E-state index is -3.13. The summed E-state index contributed by atoms with van der Waals surface area (Å²) < 4.78 is 25.0. The average molecular weight is 246 g/mol. The number of benzene rings is 1. The van der Waals surface area contributed by atoms with Gasteiger partial charge in [0.15, 0.2) is 0 Å². The van der Waals surface area contributed by atoms with Crippen LogP contribution in [0.2, 0.25) is 5.02 Å². The Hall–Kier alpha value is -0.740. The van der Waals surface area contributed by atoms with E-state index in [-0.39, 0.29) is 11.7 Å². The van der Waals surface area contributed by atoms with E-state index in [2.05, 4.69) is 0 Å². The number of anilines is 1. The smallest absolute Gasteiger partial charge is 0.235 e. The standard InChI is InChI=1S/C10H12ClNO2S/c1-8-6-12(15(13,14)7-8)10-4-2-3-9(11)5-10/h2-5,8H,6-7H2,1H3. The monoisotopic (exact) mass is 245 g/mol. The Bertz CT molecular complexity index is 472. The van der Waals surface area contributed by atoms with E-state index in [1.165, 1.54) is 4.31 Å². The summed E-state index contributed by atoms with van der Waals surface area (Å²) in [6.45, 7) is 2.48. The van der Waals surface area contributed by atoms with Gasteiger partial charge in [0, 0.05) is 11.6 Å². The maximum Gasteiger partial charge on any atom is 0.235 e. The Kier molecular flexibility index (Phi) is 2.64. The lowest BCUT2D eigenvalue weighted by atomic mass is 10.2. The van der Waals surface area contributed by atoms with Crippen LogP contribution in [-0.4, -0.2) is 20.7 Å². The lowest BCUT2D eigenvalue weighted by molar-refractivity contribution is 0.598. The van der Waals surface area contributed by atoms with Crippen molar-refractivity contribution in [3.63, 3.8) is 0 Å². The molecule has 1 aromatic rings. The van der Waals surface area contributed by atoms with Crippen molar-refractivity contribution in [3.8, 4) is 0 Å². The van der Waals surface area contributed by atoms with Crippen LogP contribution in [0.1, 0.15) is 6.92 Å². The van der Waals surface area contributed by atoms with Gasteiger partial charge < -0.3 is 0 Å². The Morgan fingerprint density at radius 3 is 2.73 bits per heavy atom. The van der Waals surface area contributed by atoms with Crippen LogP contribution >= 0.6 is 11.6 Å². The van der Waals surface area contributed by atoms with Crippen molar-refractivity contribution in [2.45, 2.75) is 6.92 Å². The van der Waals surface area contributed by atoms with E-state index in [4.69, 9.17) is 11.6 Å². The first-order chi connectivity index (χ1) is 6.99. The summed E-state index contributed by atoms with van der Waals surface area (Å²) in [5.41, 5.74) is 0.659. The van der Waals surface area contributed by atoms with E-state index in [1.807, 2.05) is 6.92 Å². The van der Waals surface area contributed by atoms with E-state index in [9.17, 15) is 8.42 Å². The van der Waals surface area contributed by atoms with E-state index in [1.54, 1.807) is 24.3 Å². The summed E-state index contributed by atoms with van der Waals surface area (Å²) in [7, 11) is -3.13. The molecular weight excluding hydrogens is 234 g/mol. The van der Waals surface area contributed by atoms with Crippen molar-refractivity contribution in [2.24, 2.45) is 5.92 Å². The molecule has 1 heterocycles. The summed E-state index contributed by atoms with van der Waals surface area (Å²) in [6.07, 6.45) is 0. The second kappa shape index (κ2) is 3.68. The van der Waals surface area contributed by atoms with Crippen LogP contribution in [0.4, 0.5) is 5.69 Å². The Morgan fingerprint density at radius 2 is 2.20 bits per heavy atom. The SMILES string of the molecule is CC1CN(c2cccc(Cl)c2)S(=O)(=O)C1. The third-order valence-electron chi connectivity index (χ3n) is 2.40. The van der Waals surface area contributed by atoms with E-state index < -0.39 is 10.0 Å². The largest absolute Gasteiger partial charge is 0.270 e. The number of halogens is 1. The molecule has 0 aromatic heterocycles. The molecule has 1 saturated heterocycles. The van der Waals surface area contributed by atoms with Gasteiger partial charge in [0.1, 0.15) is 0 Å². The molecule has 1 aromatic carbocycles. The highest BCUT2D eigenvalue weighted by molar-refractivity contribution is 7.93. The topological polar surface area (TPSA) is 37.4 Å². The number of hydrogen-bond acceptors (Lipinski definition) is 2. The molecule has 3 nitrogen and oxygen atoms in total. The molecule has 0 spiro atoms. The third kappa shape index (κ3) is 2.11. The van der Waals surface area contributed by atoms with Gasteiger partial charge in [-0.2, -0.15) is 0 Å². The molecule has 0 N–H and O–H groups in total. The van der Waals surface area contributed by atoms with Crippen LogP contribution < -0.4 is 4.31 Å². The minimum absolute atomic E-state index is 0.175. The lowest BCUT2D eigenvalue weighted by Gasteiger charge is -2.17. The number of hydrogen-bond donors (Lipinski definition) is 0. The summed E-state index contributed by atoms with van der Waals surface area (Å²) in [5, 5.41) is 0.558. The predicted octanol–water partition coefficient (Wildman–Crippen LogP) is 2.13. The zero-order chi connectivity index (χ0) is 11.1. The Balaban J connectivity index is 2.40. The average Bonchev–Trinajstić information content (AvgIpc) is 2.39. The fraction of sp³-hybridized carbons (Fsp3) is 0.400. The summed E-state index contributed by atoms with van der Waals surface area (Å²) in [4.78, 5) is 0. The number of nitrogens with zero attached hydrogens (tertiary/aromatic N) is 1. The van der Waals surface area contributed by atoms with Crippen LogP contribution in [0.15, 0.2) is 24.3 Å². The van der Waals surface area contributed by atoms with Crippen molar-refractivity contribution in [1.29, 1.82) is 0 Å². The van der Waals surface area contributed by atoms with E-state index in [0.717, 1.165) is 0 Å². The molecule has 2 rings (SSSR count). The first-order valence-electron chi connectivity index (χ1n) is 4.75. The fourth-order valence-electron chi connectivity index (χ4n) is 1.80. The molecule has 0 saturated carbocycles. The molecule has 0 radical (unpaired) electrons. The predicted molar refractivity (Wildman–Crippen MR) is 61.7 cm³/mol. The van der Waals surface area contributed by atoms with Crippen molar-refractivity contribution < 1.29 is 8.42 Å². The van der Waals surface area contributed by atoms with Crippen molar-refractivity contribution in [2.75, 3.05) is 16.6 Å². The number of rotatable bonds is 1. The van der Waals surface area contributed by atoms with Gasteiger partial charge in [0.2, 0.25) is 10.0 Å². The van der Waals surface area contributed by atoms with Gasteiger partial charge in [0.25, 0.3) is 0 Å². The van der Waals surface area contributed by atoms with Gasteiger partial charge in [0.05, 0.1) is 11.4 Å². The summed E-state index contributed by atoms with van der Waals surface area (Å²) in [6, 6.07) is 6.94. The zero-order valence-electron chi connectivity index (χ0n) is 8.35. The maximum absolute atomic E-state index is 11.8. The molecule has 1 aliphatic heterocycles. The molecule has 1 fully saturated rings. The molecule has 0 aliphatic carbocycles. The molecule has 1 aliphatic rings. The van der Waals surface area contributed by atoms with Crippen molar-refractivity contribution in [1.82, 2.24) is 0 Å². The van der Waals surface area contributed by atoms with Gasteiger partial charge in [-0.05, 0) is 24.1 Å². The molecule has 1 atom stereocenters. The molecule has 0 amide bonds. The number of sulfonamides is 1. The summed E-state index contributed by atoms with van der Waals surface area (Å²) in [5.74, 6) is 0.397. The van der Waals surface area contributed by atoms with Gasteiger partial charge in [-0.25, -0.2) is 8.42 Å². The molecular formula is C10H12ClNO2S. The Labute approximate surface area is 94.7 Å². The van der Waals surface area contributed by atoms with Gasteiger partial charge in [-0.1, -0.05) is 24.6 Å². The van der Waals surface area contributed by atoms with Gasteiger partial charge >= 0.3 is 0 Å². The normalized spacial score (nSPS) is 24.4. The summed E-state index contributed by atoms with van der Waals surface area (Å²) >= 11 is 5.83. The van der Waals surface area contributed by atoms with Crippen LogP contribution in [0, 0.1) is 5.92 Å². The Morgan fingerprint density at radius 1 is 1.47 bits per heavy atom. The van der Waals surface area contributed by atoms with Gasteiger partial charge in [-0.15, -0.1) is 0 Å². The highest BCUT2D eigenvalue weighted by atomic mass is 35.5. The third-order valence-corrected chi connectivity index (χ3v) is 4.66. The maximum atomic E-state index is 11.8. The second-order valence-corrected chi connectivity index (χ2v) is 6.27. The van der Waals surface area contributed by atoms with Gasteiger partial charge in [-0.3, -0.25) is 4.31 Å². The molecule has 82 valence electrons. The first-order valence-corrected chi connectivity index (χ1v) is 6.74. The highest BCUT2D eigenvalue weighted by Crippen LogP contribution is 2.28. The van der Waals surface area contributed by atoms with Crippen molar-refractivity contribution >= 4 is 27.3 Å². The van der Waals surface area contributed by atoms with Crippen LogP contribution in [0.25, 0.3) is 0 Å². The van der Waals surface area contributed by atoms with Crippen LogP contribution in [0.5, 0.6) is 0 Å². The van der Waals surface area contributed by atoms with Crippen molar-refractivity contribution in [3.05, 3.63) is 29.3 Å². The van der Waals surface area contributed by atoms with E-state index in [0.29, 0.717) is 17.3 Å². The molecule has 1 unspecified atom stereocenters. The minimum Gasteiger partial charge on any atom is -0.270 e. The van der Waals surface area contributed by atoms with Crippen LogP contribution in [0.3, 0.4) is 0 Å². The molecule has 5 heteroatoms. The van der Waals surface area contributed by atoms with Crippen LogP contribution in [-0.2, 0) is 10.0 Å². The zero-order valence-corrected chi connectivity index (χ0v) is 9.92. The first kappa shape index (κ1) is 10.8. The molecule has 15 heavy (non-hydrogen) atoms. The quantitative estimate of drug-likeness (QED) is 0.760.